The number of amides is 1. The van der Waals surface area contributed by atoms with Crippen molar-refractivity contribution in [2.75, 3.05) is 26.9 Å². The molecule has 1 saturated heterocycles. The molecule has 0 radical (unpaired) electrons. The summed E-state index contributed by atoms with van der Waals surface area (Å²) in [7, 11) is 1.58. The van der Waals surface area contributed by atoms with E-state index in [1.165, 1.54) is 0 Å². The molecule has 1 aromatic rings. The summed E-state index contributed by atoms with van der Waals surface area (Å²) in [5.74, 6) is 0.535. The highest BCUT2D eigenvalue weighted by atomic mass is 19.4. The van der Waals surface area contributed by atoms with Gasteiger partial charge >= 0.3 is 6.18 Å². The molecule has 0 bridgehead atoms. The standard InChI is InChI=1S/C16H20F3NO3/c1-22-13-5-2-4-12(10-13)14-6-3-8-20(14)15(21)7-9-23-11-16(17,18)19/h2,4-5,10,14H,3,6-9,11H2,1H3. The van der Waals surface area contributed by atoms with Crippen molar-refractivity contribution in [2.45, 2.75) is 31.5 Å². The van der Waals surface area contributed by atoms with Crippen LogP contribution in [0.4, 0.5) is 13.2 Å². The minimum Gasteiger partial charge on any atom is -0.497 e. The van der Waals surface area contributed by atoms with Crippen LogP contribution in [0.3, 0.4) is 0 Å². The van der Waals surface area contributed by atoms with Gasteiger partial charge < -0.3 is 14.4 Å². The Hall–Kier alpha value is -1.76. The van der Waals surface area contributed by atoms with E-state index in [-0.39, 0.29) is 25.0 Å². The Kier molecular flexibility index (Phi) is 5.87. The van der Waals surface area contributed by atoms with Gasteiger partial charge in [-0.15, -0.1) is 0 Å². The van der Waals surface area contributed by atoms with Gasteiger partial charge in [0.1, 0.15) is 12.4 Å². The molecule has 0 spiro atoms. The Balaban J connectivity index is 1.91. The van der Waals surface area contributed by atoms with Gasteiger partial charge in [-0.25, -0.2) is 0 Å². The Bertz CT molecular complexity index is 534. The molecular weight excluding hydrogens is 311 g/mol. The first kappa shape index (κ1) is 17.6. The molecule has 0 N–H and O–H groups in total. The number of carbonyl (C=O) groups excluding carboxylic acids is 1. The summed E-state index contributed by atoms with van der Waals surface area (Å²) < 4.78 is 45.7. The molecule has 4 nitrogen and oxygen atoms in total. The molecule has 2 rings (SSSR count). The van der Waals surface area contributed by atoms with Crippen LogP contribution < -0.4 is 4.74 Å². The van der Waals surface area contributed by atoms with Gasteiger partial charge in [-0.3, -0.25) is 4.79 Å². The zero-order valence-corrected chi connectivity index (χ0v) is 12.9. The Morgan fingerprint density at radius 3 is 2.87 bits per heavy atom. The highest BCUT2D eigenvalue weighted by molar-refractivity contribution is 5.77. The van der Waals surface area contributed by atoms with Crippen molar-refractivity contribution in [3.05, 3.63) is 29.8 Å². The average molecular weight is 331 g/mol. The molecule has 1 heterocycles. The second kappa shape index (κ2) is 7.68. The van der Waals surface area contributed by atoms with Crippen molar-refractivity contribution in [3.63, 3.8) is 0 Å². The summed E-state index contributed by atoms with van der Waals surface area (Å²) in [4.78, 5) is 14.0. The quantitative estimate of drug-likeness (QED) is 0.751. The van der Waals surface area contributed by atoms with E-state index in [4.69, 9.17) is 4.74 Å². The van der Waals surface area contributed by atoms with E-state index in [1.54, 1.807) is 12.0 Å². The summed E-state index contributed by atoms with van der Waals surface area (Å²) in [6, 6.07) is 7.45. The van der Waals surface area contributed by atoms with Crippen molar-refractivity contribution in [3.8, 4) is 5.75 Å². The first-order valence-electron chi connectivity index (χ1n) is 7.48. The highest BCUT2D eigenvalue weighted by Crippen LogP contribution is 2.33. The number of halogens is 3. The first-order valence-corrected chi connectivity index (χ1v) is 7.48. The van der Waals surface area contributed by atoms with Crippen LogP contribution in [0.1, 0.15) is 30.9 Å². The van der Waals surface area contributed by atoms with Crippen LogP contribution in [0, 0.1) is 0 Å². The molecule has 0 aliphatic carbocycles. The maximum absolute atomic E-state index is 12.2. The second-order valence-electron chi connectivity index (χ2n) is 5.44. The summed E-state index contributed by atoms with van der Waals surface area (Å²) in [6.07, 6.45) is -2.70. The maximum Gasteiger partial charge on any atom is 0.411 e. The number of carbonyl (C=O) groups is 1. The van der Waals surface area contributed by atoms with Gasteiger partial charge in [0.2, 0.25) is 5.91 Å². The van der Waals surface area contributed by atoms with Gasteiger partial charge in [-0.1, -0.05) is 12.1 Å². The zero-order chi connectivity index (χ0) is 16.9. The number of alkyl halides is 3. The fourth-order valence-electron chi connectivity index (χ4n) is 2.75. The molecule has 0 aromatic heterocycles. The predicted octanol–water partition coefficient (Wildman–Crippen LogP) is 3.33. The van der Waals surface area contributed by atoms with Gasteiger partial charge in [0.05, 0.1) is 26.2 Å². The zero-order valence-electron chi connectivity index (χ0n) is 12.9. The van der Waals surface area contributed by atoms with Gasteiger partial charge in [-0.2, -0.15) is 13.2 Å². The van der Waals surface area contributed by atoms with Crippen molar-refractivity contribution < 1.29 is 27.4 Å². The first-order chi connectivity index (χ1) is 10.9. The number of rotatable bonds is 6. The number of nitrogens with zero attached hydrogens (tertiary/aromatic N) is 1. The topological polar surface area (TPSA) is 38.8 Å². The van der Waals surface area contributed by atoms with Crippen LogP contribution in [-0.2, 0) is 9.53 Å². The lowest BCUT2D eigenvalue weighted by molar-refractivity contribution is -0.175. The normalized spacial score (nSPS) is 18.3. The minimum absolute atomic E-state index is 0.0451. The molecule has 128 valence electrons. The lowest BCUT2D eigenvalue weighted by atomic mass is 10.0. The third-order valence-electron chi connectivity index (χ3n) is 3.78. The van der Waals surface area contributed by atoms with Crippen LogP contribution in [0.2, 0.25) is 0 Å². The lowest BCUT2D eigenvalue weighted by Gasteiger charge is -2.25. The molecule has 1 aliphatic rings. The number of ether oxygens (including phenoxy) is 2. The Labute approximate surface area is 133 Å². The number of benzene rings is 1. The summed E-state index contributed by atoms with van der Waals surface area (Å²) in [6.45, 7) is -0.931. The van der Waals surface area contributed by atoms with Crippen LogP contribution >= 0.6 is 0 Å². The van der Waals surface area contributed by atoms with Crippen molar-refractivity contribution in [2.24, 2.45) is 0 Å². The summed E-state index contributed by atoms with van der Waals surface area (Å²) in [5, 5.41) is 0. The van der Waals surface area contributed by atoms with Crippen molar-refractivity contribution in [1.29, 1.82) is 0 Å². The molecule has 1 aromatic carbocycles. The molecule has 1 unspecified atom stereocenters. The SMILES string of the molecule is COc1cccc(C2CCCN2C(=O)CCOCC(F)(F)F)c1. The molecule has 1 fully saturated rings. The van der Waals surface area contributed by atoms with Crippen molar-refractivity contribution in [1.82, 2.24) is 4.90 Å². The van der Waals surface area contributed by atoms with Crippen LogP contribution in [0.5, 0.6) is 5.75 Å². The number of hydrogen-bond acceptors (Lipinski definition) is 3. The molecule has 23 heavy (non-hydrogen) atoms. The van der Waals surface area contributed by atoms with Gasteiger partial charge in [0.15, 0.2) is 0 Å². The third kappa shape index (κ3) is 5.13. The largest absolute Gasteiger partial charge is 0.497 e. The van der Waals surface area contributed by atoms with Crippen LogP contribution in [0.15, 0.2) is 24.3 Å². The van der Waals surface area contributed by atoms with E-state index >= 15 is 0 Å². The fraction of sp³-hybridized carbons (Fsp3) is 0.562. The number of likely N-dealkylation sites (tertiary alicyclic amines) is 1. The monoisotopic (exact) mass is 331 g/mol. The van der Waals surface area contributed by atoms with Gasteiger partial charge in [0, 0.05) is 6.54 Å². The van der Waals surface area contributed by atoms with Gasteiger partial charge in [-0.05, 0) is 30.5 Å². The molecule has 1 amide bonds. The number of methoxy groups -OCH3 is 1. The molecule has 7 heteroatoms. The molecule has 1 aliphatic heterocycles. The smallest absolute Gasteiger partial charge is 0.411 e. The van der Waals surface area contributed by atoms with Crippen LogP contribution in [-0.4, -0.2) is 43.9 Å². The van der Waals surface area contributed by atoms with E-state index < -0.39 is 12.8 Å². The summed E-state index contributed by atoms with van der Waals surface area (Å²) >= 11 is 0. The fourth-order valence-corrected chi connectivity index (χ4v) is 2.75. The second-order valence-corrected chi connectivity index (χ2v) is 5.44. The molecule has 1 atom stereocenters. The van der Waals surface area contributed by atoms with E-state index in [0.29, 0.717) is 6.54 Å². The highest BCUT2D eigenvalue weighted by Gasteiger charge is 2.31. The summed E-state index contributed by atoms with van der Waals surface area (Å²) in [5.41, 5.74) is 0.978. The van der Waals surface area contributed by atoms with E-state index in [2.05, 4.69) is 4.74 Å². The Morgan fingerprint density at radius 2 is 2.17 bits per heavy atom. The minimum atomic E-state index is -4.36. The Morgan fingerprint density at radius 1 is 1.39 bits per heavy atom. The molecule has 0 saturated carbocycles. The molecular formula is C16H20F3NO3. The van der Waals surface area contributed by atoms with E-state index in [1.807, 2.05) is 24.3 Å². The number of hydrogen-bond donors (Lipinski definition) is 0. The van der Waals surface area contributed by atoms with E-state index in [9.17, 15) is 18.0 Å². The van der Waals surface area contributed by atoms with Crippen LogP contribution in [0.25, 0.3) is 0 Å². The lowest BCUT2D eigenvalue weighted by Crippen LogP contribution is -2.31. The van der Waals surface area contributed by atoms with Gasteiger partial charge in [0.25, 0.3) is 0 Å². The predicted molar refractivity (Wildman–Crippen MR) is 78.2 cm³/mol. The third-order valence-corrected chi connectivity index (χ3v) is 3.78. The maximum atomic E-state index is 12.2. The average Bonchev–Trinajstić information content (AvgIpc) is 3.00. The van der Waals surface area contributed by atoms with E-state index in [0.717, 1.165) is 24.2 Å². The van der Waals surface area contributed by atoms with Crippen molar-refractivity contribution >= 4 is 5.91 Å².